The Morgan fingerprint density at radius 1 is 1.27 bits per heavy atom. The number of esters is 2. The van der Waals surface area contributed by atoms with E-state index in [9.17, 15) is 19.7 Å². The summed E-state index contributed by atoms with van der Waals surface area (Å²) in [4.78, 5) is 34.5. The minimum atomic E-state index is -1.33. The zero-order chi connectivity index (χ0) is 16.5. The molecule has 1 aliphatic rings. The third kappa shape index (κ3) is 3.00. The SMILES string of the molecule is COc1cccc(CC2C(=O)OC(C)(C)OC2=O)c1[N+](=O)[O-]. The summed E-state index contributed by atoms with van der Waals surface area (Å²) in [6.45, 7) is 2.88. The van der Waals surface area contributed by atoms with Crippen molar-refractivity contribution in [1.82, 2.24) is 0 Å². The number of benzene rings is 1. The van der Waals surface area contributed by atoms with Gasteiger partial charge in [-0.1, -0.05) is 12.1 Å². The average Bonchev–Trinajstić information content (AvgIpc) is 2.41. The van der Waals surface area contributed by atoms with Gasteiger partial charge in [-0.25, -0.2) is 0 Å². The van der Waals surface area contributed by atoms with Crippen LogP contribution >= 0.6 is 0 Å². The molecule has 118 valence electrons. The molecule has 0 unspecified atom stereocenters. The second kappa shape index (κ2) is 5.63. The van der Waals surface area contributed by atoms with Crippen LogP contribution in [0.4, 0.5) is 5.69 Å². The fourth-order valence-electron chi connectivity index (χ4n) is 2.23. The zero-order valence-electron chi connectivity index (χ0n) is 12.3. The highest BCUT2D eigenvalue weighted by atomic mass is 16.7. The number of nitro groups is 1. The van der Waals surface area contributed by atoms with Crippen molar-refractivity contribution in [3.05, 3.63) is 33.9 Å². The summed E-state index contributed by atoms with van der Waals surface area (Å²) in [5.41, 5.74) is -0.0848. The number of para-hydroxylation sites is 1. The van der Waals surface area contributed by atoms with Crippen molar-refractivity contribution in [1.29, 1.82) is 0 Å². The average molecular weight is 309 g/mol. The zero-order valence-corrected chi connectivity index (χ0v) is 12.3. The summed E-state index contributed by atoms with van der Waals surface area (Å²) in [5, 5.41) is 11.2. The Hall–Kier alpha value is -2.64. The molecular formula is C14H15NO7. The number of ether oxygens (including phenoxy) is 3. The van der Waals surface area contributed by atoms with Crippen LogP contribution in [0.3, 0.4) is 0 Å². The van der Waals surface area contributed by atoms with Crippen LogP contribution in [-0.4, -0.2) is 29.8 Å². The third-order valence-electron chi connectivity index (χ3n) is 3.17. The van der Waals surface area contributed by atoms with Gasteiger partial charge in [0.15, 0.2) is 11.7 Å². The van der Waals surface area contributed by atoms with Crippen molar-refractivity contribution >= 4 is 17.6 Å². The van der Waals surface area contributed by atoms with E-state index < -0.39 is 28.6 Å². The molecule has 1 fully saturated rings. The first-order valence-electron chi connectivity index (χ1n) is 6.51. The maximum atomic E-state index is 11.9. The van der Waals surface area contributed by atoms with Gasteiger partial charge < -0.3 is 14.2 Å². The molecule has 1 aromatic carbocycles. The molecule has 0 saturated carbocycles. The Kier molecular flexibility index (Phi) is 4.03. The predicted octanol–water partition coefficient (Wildman–Crippen LogP) is 1.60. The molecule has 0 bridgehead atoms. The number of nitrogens with zero attached hydrogens (tertiary/aromatic N) is 1. The topological polar surface area (TPSA) is 105 Å². The van der Waals surface area contributed by atoms with E-state index in [-0.39, 0.29) is 23.4 Å². The van der Waals surface area contributed by atoms with Crippen molar-refractivity contribution in [2.75, 3.05) is 7.11 Å². The van der Waals surface area contributed by atoms with Crippen molar-refractivity contribution in [3.8, 4) is 5.75 Å². The molecule has 0 radical (unpaired) electrons. The van der Waals surface area contributed by atoms with Gasteiger partial charge in [0.2, 0.25) is 0 Å². The van der Waals surface area contributed by atoms with Crippen LogP contribution in [0.15, 0.2) is 18.2 Å². The van der Waals surface area contributed by atoms with Gasteiger partial charge in [0, 0.05) is 25.8 Å². The lowest BCUT2D eigenvalue weighted by atomic mass is 9.97. The first-order chi connectivity index (χ1) is 10.2. The fraction of sp³-hybridized carbons (Fsp3) is 0.429. The van der Waals surface area contributed by atoms with Crippen molar-refractivity contribution in [3.63, 3.8) is 0 Å². The number of hydrogen-bond acceptors (Lipinski definition) is 7. The lowest BCUT2D eigenvalue weighted by Crippen LogP contribution is -2.47. The molecule has 8 heteroatoms. The molecule has 0 amide bonds. The van der Waals surface area contributed by atoms with Crippen LogP contribution in [-0.2, 0) is 25.5 Å². The Bertz CT molecular complexity index is 618. The lowest BCUT2D eigenvalue weighted by molar-refractivity contribution is -0.386. The van der Waals surface area contributed by atoms with Gasteiger partial charge in [-0.2, -0.15) is 0 Å². The first-order valence-corrected chi connectivity index (χ1v) is 6.51. The molecule has 0 atom stereocenters. The maximum absolute atomic E-state index is 11.9. The van der Waals surface area contributed by atoms with Gasteiger partial charge in [-0.3, -0.25) is 19.7 Å². The van der Waals surface area contributed by atoms with Crippen molar-refractivity contribution in [2.45, 2.75) is 26.1 Å². The number of hydrogen-bond donors (Lipinski definition) is 0. The summed E-state index contributed by atoms with van der Waals surface area (Å²) in [6, 6.07) is 4.44. The Morgan fingerprint density at radius 3 is 2.36 bits per heavy atom. The molecule has 1 saturated heterocycles. The van der Waals surface area contributed by atoms with Crippen molar-refractivity contribution < 1.29 is 28.7 Å². The highest BCUT2D eigenvalue weighted by molar-refractivity contribution is 5.97. The molecule has 0 N–H and O–H groups in total. The molecule has 0 aliphatic carbocycles. The van der Waals surface area contributed by atoms with Crippen LogP contribution in [0.2, 0.25) is 0 Å². The van der Waals surface area contributed by atoms with Crippen LogP contribution in [0, 0.1) is 16.0 Å². The number of methoxy groups -OCH3 is 1. The van der Waals surface area contributed by atoms with Gasteiger partial charge in [0.1, 0.15) is 0 Å². The highest BCUT2D eigenvalue weighted by Gasteiger charge is 2.44. The lowest BCUT2D eigenvalue weighted by Gasteiger charge is -2.32. The van der Waals surface area contributed by atoms with Gasteiger partial charge in [0.25, 0.3) is 5.79 Å². The molecule has 0 aromatic heterocycles. The highest BCUT2D eigenvalue weighted by Crippen LogP contribution is 2.34. The summed E-state index contributed by atoms with van der Waals surface area (Å²) in [5.74, 6) is -4.04. The summed E-state index contributed by atoms with van der Waals surface area (Å²) < 4.78 is 15.0. The Balaban J connectivity index is 2.33. The van der Waals surface area contributed by atoms with E-state index in [4.69, 9.17) is 14.2 Å². The Labute approximate surface area is 126 Å². The fourth-order valence-corrected chi connectivity index (χ4v) is 2.23. The van der Waals surface area contributed by atoms with E-state index in [0.29, 0.717) is 0 Å². The quantitative estimate of drug-likeness (QED) is 0.360. The molecule has 8 nitrogen and oxygen atoms in total. The molecule has 0 spiro atoms. The van der Waals surface area contributed by atoms with Crippen LogP contribution < -0.4 is 4.74 Å². The molecule has 1 aliphatic heterocycles. The molecule has 22 heavy (non-hydrogen) atoms. The predicted molar refractivity (Wildman–Crippen MR) is 73.1 cm³/mol. The van der Waals surface area contributed by atoms with E-state index in [2.05, 4.69) is 0 Å². The Morgan fingerprint density at radius 2 is 1.86 bits per heavy atom. The van der Waals surface area contributed by atoms with Gasteiger partial charge in [0.05, 0.1) is 12.0 Å². The maximum Gasteiger partial charge on any atom is 0.323 e. The second-order valence-corrected chi connectivity index (χ2v) is 5.22. The van der Waals surface area contributed by atoms with Gasteiger partial charge in [-0.15, -0.1) is 0 Å². The minimum absolute atomic E-state index is 0.0559. The normalized spacial score (nSPS) is 17.6. The number of nitro benzene ring substituents is 1. The smallest absolute Gasteiger partial charge is 0.323 e. The van der Waals surface area contributed by atoms with Crippen molar-refractivity contribution in [2.24, 2.45) is 5.92 Å². The van der Waals surface area contributed by atoms with E-state index in [1.165, 1.54) is 33.1 Å². The number of cyclic esters (lactones) is 2. The molecule has 1 aromatic rings. The van der Waals surface area contributed by atoms with E-state index in [0.717, 1.165) is 0 Å². The number of carbonyl (C=O) groups excluding carboxylic acids is 2. The van der Waals surface area contributed by atoms with E-state index >= 15 is 0 Å². The third-order valence-corrected chi connectivity index (χ3v) is 3.17. The summed E-state index contributed by atoms with van der Waals surface area (Å²) in [6.07, 6.45) is -0.193. The van der Waals surface area contributed by atoms with Crippen LogP contribution in [0.5, 0.6) is 5.75 Å². The van der Waals surface area contributed by atoms with E-state index in [1.54, 1.807) is 6.07 Å². The molecular weight excluding hydrogens is 294 g/mol. The number of carbonyl (C=O) groups is 2. The molecule has 2 rings (SSSR count). The standard InChI is InChI=1S/C14H15NO7/c1-14(2)21-12(16)9(13(17)22-14)7-8-5-4-6-10(20-3)11(8)15(18)19/h4-6,9H,7H2,1-3H3. The van der Waals surface area contributed by atoms with Gasteiger partial charge in [-0.05, 0) is 6.07 Å². The summed E-state index contributed by atoms with van der Waals surface area (Å²) >= 11 is 0. The monoisotopic (exact) mass is 309 g/mol. The second-order valence-electron chi connectivity index (χ2n) is 5.22. The number of rotatable bonds is 4. The minimum Gasteiger partial charge on any atom is -0.490 e. The van der Waals surface area contributed by atoms with Gasteiger partial charge >= 0.3 is 17.6 Å². The summed E-state index contributed by atoms with van der Waals surface area (Å²) in [7, 11) is 1.30. The van der Waals surface area contributed by atoms with Crippen LogP contribution in [0.1, 0.15) is 19.4 Å². The largest absolute Gasteiger partial charge is 0.490 e. The first kappa shape index (κ1) is 15.7. The molecule has 1 heterocycles. The van der Waals surface area contributed by atoms with Crippen LogP contribution in [0.25, 0.3) is 0 Å². The van der Waals surface area contributed by atoms with E-state index in [1.807, 2.05) is 0 Å².